The van der Waals surface area contributed by atoms with Crippen LogP contribution in [0.4, 0.5) is 9.59 Å². The fourth-order valence-corrected chi connectivity index (χ4v) is 7.40. The summed E-state index contributed by atoms with van der Waals surface area (Å²) in [5, 5.41) is 3.39. The number of carbonyl (C=O) groups is 5. The van der Waals surface area contributed by atoms with Gasteiger partial charge in [-0.2, -0.15) is 0 Å². The van der Waals surface area contributed by atoms with Crippen LogP contribution < -0.4 is 5.32 Å². The molecule has 4 aromatic rings. The van der Waals surface area contributed by atoms with Crippen LogP contribution in [0.25, 0.3) is 11.1 Å². The molecule has 1 saturated carbocycles. The molecule has 1 aliphatic heterocycles. The number of benzene rings is 3. The number of ether oxygens (including phenoxy) is 2. The van der Waals surface area contributed by atoms with Gasteiger partial charge in [0.2, 0.25) is 0 Å². The van der Waals surface area contributed by atoms with Crippen molar-refractivity contribution in [2.45, 2.75) is 83.5 Å². The predicted octanol–water partition coefficient (Wildman–Crippen LogP) is 7.54. The number of nitrogens with zero attached hydrogens (tertiary/aromatic N) is 2. The Morgan fingerprint density at radius 1 is 0.830 bits per heavy atom. The number of alkyl carbamates (subject to hydrolysis) is 1. The Balaban J connectivity index is 1.07. The molecule has 274 valence electrons. The molecule has 1 fully saturated rings. The second-order valence-electron chi connectivity index (χ2n) is 14.6. The molecule has 1 N–H and O–H groups in total. The molecule has 12 heteroatoms. The molecule has 4 amide bonds. The Kier molecular flexibility index (Phi) is 9.54. The van der Waals surface area contributed by atoms with Crippen LogP contribution in [0.15, 0.2) is 83.3 Å². The van der Waals surface area contributed by atoms with Crippen molar-refractivity contribution in [1.82, 2.24) is 15.3 Å². The fraction of sp³-hybridized carbons (Fsp3) is 0.341. The highest BCUT2D eigenvalue weighted by molar-refractivity contribution is 6.21. The Morgan fingerprint density at radius 3 is 1.94 bits per heavy atom. The zero-order chi connectivity index (χ0) is 37.4. The number of amides is 4. The second-order valence-corrected chi connectivity index (χ2v) is 14.6. The van der Waals surface area contributed by atoms with Gasteiger partial charge < -0.3 is 24.0 Å². The molecule has 3 aliphatic rings. The van der Waals surface area contributed by atoms with Gasteiger partial charge in [-0.15, -0.1) is 0 Å². The van der Waals surface area contributed by atoms with E-state index in [4.69, 9.17) is 18.7 Å². The van der Waals surface area contributed by atoms with Gasteiger partial charge in [0.1, 0.15) is 29.3 Å². The summed E-state index contributed by atoms with van der Waals surface area (Å²) in [6.45, 7) is 7.08. The standard InChI is InChI=1S/C41H41N3O9/c1-24-34(38(47)53-44-36(45)32-15-9-10-16-33(32)37(44)46)21-27(51-24)22-43(26-19-17-25(18-20-26)42-39(48)52-41(2,3)4)40(49)50-23-35-30-13-7-5-11-28(30)29-12-6-8-14-31(29)35/h5-16,21,25-26,35H,17-20,22-23H2,1-4H3,(H,42,48). The number of carbonyl (C=O) groups excluding carboxylic acids is 5. The molecule has 7 rings (SSSR count). The molecule has 0 unspecified atom stereocenters. The first-order valence-corrected chi connectivity index (χ1v) is 17.8. The minimum Gasteiger partial charge on any atom is -0.464 e. The van der Waals surface area contributed by atoms with Gasteiger partial charge in [0, 0.05) is 18.0 Å². The zero-order valence-electron chi connectivity index (χ0n) is 30.0. The lowest BCUT2D eigenvalue weighted by atomic mass is 9.90. The average molecular weight is 720 g/mol. The summed E-state index contributed by atoms with van der Waals surface area (Å²) >= 11 is 0. The van der Waals surface area contributed by atoms with Gasteiger partial charge in [0.05, 0.1) is 17.7 Å². The minimum absolute atomic E-state index is 0.00862. The fourth-order valence-electron chi connectivity index (χ4n) is 7.40. The van der Waals surface area contributed by atoms with E-state index in [0.717, 1.165) is 22.3 Å². The summed E-state index contributed by atoms with van der Waals surface area (Å²) in [5.74, 6) is -2.08. The summed E-state index contributed by atoms with van der Waals surface area (Å²) < 4.78 is 17.5. The lowest BCUT2D eigenvalue weighted by Crippen LogP contribution is -2.47. The SMILES string of the molecule is Cc1oc(CN(C(=O)OCC2c3ccccc3-c3ccccc32)C2CCC(NC(=O)OC(C)(C)C)CC2)cc1C(=O)ON1C(=O)c2ccccc2C1=O. The number of furan rings is 1. The first-order valence-electron chi connectivity index (χ1n) is 17.8. The van der Waals surface area contributed by atoms with Crippen molar-refractivity contribution in [3.05, 3.63) is 118 Å². The number of hydrogen-bond donors (Lipinski definition) is 1. The van der Waals surface area contributed by atoms with Crippen molar-refractivity contribution in [1.29, 1.82) is 0 Å². The molecule has 53 heavy (non-hydrogen) atoms. The van der Waals surface area contributed by atoms with Crippen LogP contribution in [0.1, 0.15) is 106 Å². The van der Waals surface area contributed by atoms with Crippen molar-refractivity contribution in [3.63, 3.8) is 0 Å². The molecular formula is C41H41N3O9. The lowest BCUT2D eigenvalue weighted by Gasteiger charge is -2.36. The molecule has 0 bridgehead atoms. The van der Waals surface area contributed by atoms with E-state index in [1.165, 1.54) is 18.2 Å². The highest BCUT2D eigenvalue weighted by Gasteiger charge is 2.40. The van der Waals surface area contributed by atoms with Crippen molar-refractivity contribution in [2.75, 3.05) is 6.61 Å². The van der Waals surface area contributed by atoms with Gasteiger partial charge in [0.25, 0.3) is 11.8 Å². The molecular weight excluding hydrogens is 678 g/mol. The first-order chi connectivity index (χ1) is 25.4. The molecule has 0 radical (unpaired) electrons. The number of rotatable bonds is 8. The third kappa shape index (κ3) is 7.26. The summed E-state index contributed by atoms with van der Waals surface area (Å²) in [6.07, 6.45) is 1.32. The van der Waals surface area contributed by atoms with Crippen molar-refractivity contribution >= 4 is 30.0 Å². The maximum atomic E-state index is 14.1. The maximum absolute atomic E-state index is 14.1. The number of nitrogens with one attached hydrogen (secondary N) is 1. The van der Waals surface area contributed by atoms with E-state index in [1.54, 1.807) is 24.0 Å². The number of imide groups is 1. The van der Waals surface area contributed by atoms with Crippen LogP contribution in [0, 0.1) is 6.92 Å². The van der Waals surface area contributed by atoms with Crippen LogP contribution in [0.2, 0.25) is 0 Å². The summed E-state index contributed by atoms with van der Waals surface area (Å²) in [7, 11) is 0. The normalized spacial score (nSPS) is 17.8. The van der Waals surface area contributed by atoms with Gasteiger partial charge in [-0.25, -0.2) is 14.4 Å². The maximum Gasteiger partial charge on any atom is 0.410 e. The highest BCUT2D eigenvalue weighted by Crippen LogP contribution is 2.44. The van der Waals surface area contributed by atoms with Crippen molar-refractivity contribution in [3.8, 4) is 11.1 Å². The van der Waals surface area contributed by atoms with Gasteiger partial charge >= 0.3 is 18.2 Å². The van der Waals surface area contributed by atoms with E-state index in [9.17, 15) is 24.0 Å². The van der Waals surface area contributed by atoms with E-state index < -0.39 is 35.6 Å². The Morgan fingerprint density at radius 2 is 1.38 bits per heavy atom. The van der Waals surface area contributed by atoms with Gasteiger partial charge in [-0.1, -0.05) is 65.7 Å². The van der Waals surface area contributed by atoms with E-state index >= 15 is 0 Å². The van der Waals surface area contributed by atoms with Crippen LogP contribution in [0.3, 0.4) is 0 Å². The van der Waals surface area contributed by atoms with Crippen LogP contribution in [0.5, 0.6) is 0 Å². The van der Waals surface area contributed by atoms with Crippen LogP contribution in [-0.2, 0) is 20.9 Å². The molecule has 2 aliphatic carbocycles. The molecule has 12 nitrogen and oxygen atoms in total. The monoisotopic (exact) mass is 719 g/mol. The smallest absolute Gasteiger partial charge is 0.410 e. The largest absolute Gasteiger partial charge is 0.464 e. The predicted molar refractivity (Wildman–Crippen MR) is 192 cm³/mol. The molecule has 0 atom stereocenters. The minimum atomic E-state index is -0.951. The van der Waals surface area contributed by atoms with Crippen LogP contribution >= 0.6 is 0 Å². The van der Waals surface area contributed by atoms with E-state index in [2.05, 4.69) is 29.6 Å². The Bertz CT molecular complexity index is 2010. The molecule has 3 aromatic carbocycles. The number of fused-ring (bicyclic) bond motifs is 4. The Labute approximate surface area is 306 Å². The summed E-state index contributed by atoms with van der Waals surface area (Å²) in [6, 6.07) is 23.5. The number of hydrogen-bond acceptors (Lipinski definition) is 9. The molecule has 1 aromatic heterocycles. The van der Waals surface area contributed by atoms with Gasteiger partial charge in [-0.05, 0) is 93.8 Å². The summed E-state index contributed by atoms with van der Waals surface area (Å²) in [4.78, 5) is 72.3. The molecule has 2 heterocycles. The van der Waals surface area contributed by atoms with Crippen molar-refractivity contribution < 1.29 is 42.7 Å². The second kappa shape index (κ2) is 14.3. The quantitative estimate of drug-likeness (QED) is 0.183. The Hall–Kier alpha value is -5.91. The van der Waals surface area contributed by atoms with Gasteiger partial charge in [-0.3, -0.25) is 14.5 Å². The first kappa shape index (κ1) is 35.5. The molecule has 0 spiro atoms. The van der Waals surface area contributed by atoms with E-state index in [1.807, 2.05) is 45.0 Å². The van der Waals surface area contributed by atoms with Crippen molar-refractivity contribution in [2.24, 2.45) is 0 Å². The van der Waals surface area contributed by atoms with Gasteiger partial charge in [0.15, 0.2) is 0 Å². The average Bonchev–Trinajstić information content (AvgIpc) is 3.74. The number of hydroxylamine groups is 2. The summed E-state index contributed by atoms with van der Waals surface area (Å²) in [5.41, 5.74) is 4.07. The molecule has 0 saturated heterocycles. The van der Waals surface area contributed by atoms with Crippen LogP contribution in [-0.4, -0.2) is 64.2 Å². The third-order valence-corrected chi connectivity index (χ3v) is 9.87. The highest BCUT2D eigenvalue weighted by atomic mass is 16.7. The topological polar surface area (TPSA) is 145 Å². The zero-order valence-corrected chi connectivity index (χ0v) is 30.0. The third-order valence-electron chi connectivity index (χ3n) is 9.87. The number of aryl methyl sites for hydroxylation is 1. The lowest BCUT2D eigenvalue weighted by molar-refractivity contribution is -0.0585. The van der Waals surface area contributed by atoms with E-state index in [-0.39, 0.29) is 53.6 Å². The van der Waals surface area contributed by atoms with E-state index in [0.29, 0.717) is 36.5 Å².